The van der Waals surface area contributed by atoms with Crippen LogP contribution < -0.4 is 0 Å². The Kier molecular flexibility index (Phi) is 9.01. The van der Waals surface area contributed by atoms with Crippen LogP contribution in [0.5, 0.6) is 0 Å². The highest BCUT2D eigenvalue weighted by Gasteiger charge is 2.09. The molecule has 0 N–H and O–H groups in total. The van der Waals surface area contributed by atoms with Crippen molar-refractivity contribution in [3.05, 3.63) is 0 Å². The van der Waals surface area contributed by atoms with E-state index in [0.717, 1.165) is 0 Å². The van der Waals surface area contributed by atoms with E-state index in [1.807, 2.05) is 6.92 Å². The largest absolute Gasteiger partial charge is 0.466 e. The molecule has 0 aliphatic heterocycles. The van der Waals surface area contributed by atoms with Gasteiger partial charge in [0.1, 0.15) is 13.0 Å². The molecule has 5 heteroatoms. The summed E-state index contributed by atoms with van der Waals surface area (Å²) in [5.74, 6) is -0.777. The number of carbonyl (C=O) groups excluding carboxylic acids is 2. The molecule has 0 radical (unpaired) electrons. The van der Waals surface area contributed by atoms with Crippen LogP contribution in [-0.2, 0) is 23.8 Å². The summed E-state index contributed by atoms with van der Waals surface area (Å²) in [6.07, 6.45) is -0.220. The van der Waals surface area contributed by atoms with E-state index < -0.39 is 5.97 Å². The van der Waals surface area contributed by atoms with Crippen LogP contribution in [0.3, 0.4) is 0 Å². The molecule has 0 heterocycles. The molecule has 5 nitrogen and oxygen atoms in total. The Balaban J connectivity index is 3.37. The monoisotopic (exact) mass is 218 g/mol. The fourth-order valence-electron chi connectivity index (χ4n) is 0.872. The fraction of sp³-hybridized carbons (Fsp3) is 0.800. The molecule has 0 unspecified atom stereocenters. The van der Waals surface area contributed by atoms with Gasteiger partial charge in [-0.2, -0.15) is 0 Å². The molecule has 0 saturated carbocycles. The second-order valence-corrected chi connectivity index (χ2v) is 2.77. The van der Waals surface area contributed by atoms with Gasteiger partial charge in [-0.1, -0.05) is 0 Å². The van der Waals surface area contributed by atoms with Crippen LogP contribution >= 0.6 is 0 Å². The van der Waals surface area contributed by atoms with Crippen molar-refractivity contribution in [3.8, 4) is 0 Å². The second kappa shape index (κ2) is 9.61. The standard InChI is InChI=1S/C10H18O5/c1-3-13-5-6-14-8-9(11)7-10(12)15-4-2/h3-8H2,1-2H3. The second-order valence-electron chi connectivity index (χ2n) is 2.77. The molecule has 0 fully saturated rings. The van der Waals surface area contributed by atoms with Gasteiger partial charge in [-0.15, -0.1) is 0 Å². The van der Waals surface area contributed by atoms with Crippen molar-refractivity contribution in [2.24, 2.45) is 0 Å². The molecule has 0 rings (SSSR count). The van der Waals surface area contributed by atoms with Crippen LogP contribution in [-0.4, -0.2) is 44.8 Å². The Morgan fingerprint density at radius 2 is 1.67 bits per heavy atom. The number of Topliss-reactive ketones (excluding diaryl/α,β-unsaturated/α-hetero) is 1. The lowest BCUT2D eigenvalue weighted by atomic mass is 10.3. The summed E-state index contributed by atoms with van der Waals surface area (Å²) in [5, 5.41) is 0. The smallest absolute Gasteiger partial charge is 0.313 e. The van der Waals surface area contributed by atoms with Crippen LogP contribution in [0.2, 0.25) is 0 Å². The highest BCUT2D eigenvalue weighted by molar-refractivity contribution is 5.96. The molecule has 0 amide bonds. The molecule has 0 aliphatic carbocycles. The van der Waals surface area contributed by atoms with Gasteiger partial charge >= 0.3 is 5.97 Å². The molecule has 15 heavy (non-hydrogen) atoms. The maximum absolute atomic E-state index is 11.1. The summed E-state index contributed by atoms with van der Waals surface area (Å²) in [6.45, 7) is 5.25. The number of carbonyl (C=O) groups is 2. The van der Waals surface area contributed by atoms with Crippen molar-refractivity contribution < 1.29 is 23.8 Å². The Morgan fingerprint density at radius 3 is 2.27 bits per heavy atom. The molecule has 0 aromatic rings. The molecule has 88 valence electrons. The van der Waals surface area contributed by atoms with Crippen LogP contribution in [0.1, 0.15) is 20.3 Å². The van der Waals surface area contributed by atoms with E-state index in [2.05, 4.69) is 4.74 Å². The van der Waals surface area contributed by atoms with Gasteiger partial charge in [-0.3, -0.25) is 9.59 Å². The zero-order valence-corrected chi connectivity index (χ0v) is 9.28. The number of hydrogen-bond acceptors (Lipinski definition) is 5. The van der Waals surface area contributed by atoms with Gasteiger partial charge in [0.05, 0.1) is 19.8 Å². The molecule has 0 spiro atoms. The summed E-state index contributed by atoms with van der Waals surface area (Å²) in [7, 11) is 0. The number of ketones is 1. The quantitative estimate of drug-likeness (QED) is 0.321. The topological polar surface area (TPSA) is 61.8 Å². The summed E-state index contributed by atoms with van der Waals surface area (Å²) in [6, 6.07) is 0. The lowest BCUT2D eigenvalue weighted by molar-refractivity contribution is -0.146. The summed E-state index contributed by atoms with van der Waals surface area (Å²) in [5.41, 5.74) is 0. The third-order valence-corrected chi connectivity index (χ3v) is 1.49. The molecule has 0 atom stereocenters. The Hall–Kier alpha value is -0.940. The molecular formula is C10H18O5. The molecule has 0 aliphatic rings. The van der Waals surface area contributed by atoms with E-state index in [9.17, 15) is 9.59 Å². The zero-order valence-electron chi connectivity index (χ0n) is 9.28. The van der Waals surface area contributed by atoms with Gasteiger partial charge in [0.15, 0.2) is 5.78 Å². The molecule has 0 aromatic carbocycles. The van der Waals surface area contributed by atoms with Gasteiger partial charge in [-0.05, 0) is 13.8 Å². The molecular weight excluding hydrogens is 200 g/mol. The van der Waals surface area contributed by atoms with Gasteiger partial charge in [0, 0.05) is 6.61 Å². The van der Waals surface area contributed by atoms with Crippen LogP contribution in [0.15, 0.2) is 0 Å². The average Bonchev–Trinajstić information content (AvgIpc) is 2.17. The van der Waals surface area contributed by atoms with E-state index >= 15 is 0 Å². The highest BCUT2D eigenvalue weighted by Crippen LogP contribution is 1.90. The van der Waals surface area contributed by atoms with E-state index in [4.69, 9.17) is 9.47 Å². The maximum Gasteiger partial charge on any atom is 0.313 e. The van der Waals surface area contributed by atoms with Gasteiger partial charge in [-0.25, -0.2) is 0 Å². The van der Waals surface area contributed by atoms with Crippen molar-refractivity contribution >= 4 is 11.8 Å². The van der Waals surface area contributed by atoms with E-state index in [1.54, 1.807) is 6.92 Å². The van der Waals surface area contributed by atoms with Crippen LogP contribution in [0.4, 0.5) is 0 Å². The van der Waals surface area contributed by atoms with E-state index in [0.29, 0.717) is 19.8 Å². The fourth-order valence-corrected chi connectivity index (χ4v) is 0.872. The molecule has 0 aromatic heterocycles. The molecule has 0 saturated heterocycles. The Bertz CT molecular complexity index is 190. The molecule has 0 bridgehead atoms. The number of esters is 1. The predicted molar refractivity (Wildman–Crippen MR) is 53.6 cm³/mol. The third kappa shape index (κ3) is 9.37. The normalized spacial score (nSPS) is 10.0. The third-order valence-electron chi connectivity index (χ3n) is 1.49. The zero-order chi connectivity index (χ0) is 11.5. The minimum atomic E-state index is -0.504. The average molecular weight is 218 g/mol. The van der Waals surface area contributed by atoms with Crippen molar-refractivity contribution in [2.45, 2.75) is 20.3 Å². The lowest BCUT2D eigenvalue weighted by Gasteiger charge is -2.03. The summed E-state index contributed by atoms with van der Waals surface area (Å²) < 4.78 is 14.6. The summed E-state index contributed by atoms with van der Waals surface area (Å²) in [4.78, 5) is 22.0. The van der Waals surface area contributed by atoms with Crippen molar-refractivity contribution in [3.63, 3.8) is 0 Å². The minimum Gasteiger partial charge on any atom is -0.466 e. The van der Waals surface area contributed by atoms with E-state index in [1.165, 1.54) is 0 Å². The van der Waals surface area contributed by atoms with Crippen molar-refractivity contribution in [1.29, 1.82) is 0 Å². The van der Waals surface area contributed by atoms with Crippen LogP contribution in [0.25, 0.3) is 0 Å². The first-order valence-corrected chi connectivity index (χ1v) is 5.03. The van der Waals surface area contributed by atoms with Crippen molar-refractivity contribution in [2.75, 3.05) is 33.0 Å². The lowest BCUT2D eigenvalue weighted by Crippen LogP contribution is -2.17. The predicted octanol–water partition coefficient (Wildman–Crippen LogP) is 0.562. The van der Waals surface area contributed by atoms with Crippen LogP contribution in [0, 0.1) is 0 Å². The number of rotatable bonds is 9. The first-order valence-electron chi connectivity index (χ1n) is 5.03. The maximum atomic E-state index is 11.1. The Labute approximate surface area is 89.7 Å². The first kappa shape index (κ1) is 14.1. The highest BCUT2D eigenvalue weighted by atomic mass is 16.5. The van der Waals surface area contributed by atoms with Crippen molar-refractivity contribution in [1.82, 2.24) is 0 Å². The van der Waals surface area contributed by atoms with Gasteiger partial charge in [0.25, 0.3) is 0 Å². The number of ether oxygens (including phenoxy) is 3. The Morgan fingerprint density at radius 1 is 1.00 bits per heavy atom. The first-order chi connectivity index (χ1) is 7.20. The van der Waals surface area contributed by atoms with Gasteiger partial charge < -0.3 is 14.2 Å². The SMILES string of the molecule is CCOCCOCC(=O)CC(=O)OCC. The minimum absolute atomic E-state index is 0.0636. The number of hydrogen-bond donors (Lipinski definition) is 0. The van der Waals surface area contributed by atoms with E-state index in [-0.39, 0.29) is 25.4 Å². The summed E-state index contributed by atoms with van der Waals surface area (Å²) >= 11 is 0. The van der Waals surface area contributed by atoms with Gasteiger partial charge in [0.2, 0.25) is 0 Å².